The average Bonchev–Trinajstić information content (AvgIpc) is 2.06. The van der Waals surface area contributed by atoms with Crippen molar-refractivity contribution in [1.29, 1.82) is 0 Å². The Morgan fingerprint density at radius 1 is 1.50 bits per heavy atom. The summed E-state index contributed by atoms with van der Waals surface area (Å²) < 4.78 is 25.3. The van der Waals surface area contributed by atoms with E-state index in [-0.39, 0.29) is 13.0 Å². The Morgan fingerprint density at radius 3 is 2.75 bits per heavy atom. The van der Waals surface area contributed by atoms with Crippen molar-refractivity contribution < 1.29 is 8.78 Å². The first kappa shape index (κ1) is 9.06. The standard InChI is InChI=1S/C8H10F2N2/c9-7(3-4-11)6-1-2-8(10)12-5-6/h1-2,5,7H,3-4,11H2. The largest absolute Gasteiger partial charge is 0.330 e. The number of nitrogens with two attached hydrogens (primary N) is 1. The molecular formula is C8H10F2N2. The van der Waals surface area contributed by atoms with E-state index in [1.165, 1.54) is 12.3 Å². The average molecular weight is 172 g/mol. The minimum Gasteiger partial charge on any atom is -0.330 e. The summed E-state index contributed by atoms with van der Waals surface area (Å²) >= 11 is 0. The minimum atomic E-state index is -1.14. The third kappa shape index (κ3) is 2.23. The van der Waals surface area contributed by atoms with Gasteiger partial charge in [0.15, 0.2) is 0 Å². The van der Waals surface area contributed by atoms with Gasteiger partial charge in [0.25, 0.3) is 0 Å². The second-order valence-corrected chi connectivity index (χ2v) is 2.46. The van der Waals surface area contributed by atoms with E-state index in [1.807, 2.05) is 0 Å². The van der Waals surface area contributed by atoms with Crippen LogP contribution in [0.2, 0.25) is 0 Å². The van der Waals surface area contributed by atoms with Crippen molar-refractivity contribution in [2.75, 3.05) is 6.54 Å². The summed E-state index contributed by atoms with van der Waals surface area (Å²) in [5.74, 6) is -0.598. The van der Waals surface area contributed by atoms with Gasteiger partial charge in [-0.1, -0.05) is 6.07 Å². The molecule has 0 aliphatic heterocycles. The van der Waals surface area contributed by atoms with Crippen molar-refractivity contribution in [2.45, 2.75) is 12.6 Å². The Labute approximate surface area is 69.4 Å². The summed E-state index contributed by atoms with van der Waals surface area (Å²) in [7, 11) is 0. The lowest BCUT2D eigenvalue weighted by atomic mass is 10.1. The van der Waals surface area contributed by atoms with E-state index >= 15 is 0 Å². The first-order valence-electron chi connectivity index (χ1n) is 3.69. The molecule has 0 spiro atoms. The van der Waals surface area contributed by atoms with Crippen LogP contribution >= 0.6 is 0 Å². The highest BCUT2D eigenvalue weighted by Gasteiger charge is 2.08. The monoisotopic (exact) mass is 172 g/mol. The summed E-state index contributed by atoms with van der Waals surface area (Å²) in [5, 5.41) is 0. The molecule has 66 valence electrons. The highest BCUT2D eigenvalue weighted by Crippen LogP contribution is 2.18. The first-order valence-corrected chi connectivity index (χ1v) is 3.69. The van der Waals surface area contributed by atoms with Crippen LogP contribution in [0.5, 0.6) is 0 Å². The van der Waals surface area contributed by atoms with Crippen molar-refractivity contribution in [1.82, 2.24) is 4.98 Å². The summed E-state index contributed by atoms with van der Waals surface area (Å²) in [6.45, 7) is 0.276. The molecule has 0 saturated carbocycles. The van der Waals surface area contributed by atoms with Crippen LogP contribution in [0, 0.1) is 5.95 Å². The van der Waals surface area contributed by atoms with E-state index in [0.29, 0.717) is 5.56 Å². The van der Waals surface area contributed by atoms with Gasteiger partial charge in [-0.25, -0.2) is 9.37 Å². The molecule has 0 aromatic carbocycles. The minimum absolute atomic E-state index is 0.243. The Morgan fingerprint density at radius 2 is 2.25 bits per heavy atom. The first-order chi connectivity index (χ1) is 5.74. The molecule has 4 heteroatoms. The van der Waals surface area contributed by atoms with Crippen LogP contribution in [0.3, 0.4) is 0 Å². The zero-order valence-corrected chi connectivity index (χ0v) is 6.50. The number of pyridine rings is 1. The topological polar surface area (TPSA) is 38.9 Å². The molecule has 0 amide bonds. The van der Waals surface area contributed by atoms with Crippen LogP contribution in [0.4, 0.5) is 8.78 Å². The molecule has 0 aliphatic rings. The molecule has 0 bridgehead atoms. The Hall–Kier alpha value is -1.03. The van der Waals surface area contributed by atoms with E-state index in [4.69, 9.17) is 5.73 Å². The van der Waals surface area contributed by atoms with Crippen LogP contribution in [0.25, 0.3) is 0 Å². The smallest absolute Gasteiger partial charge is 0.212 e. The molecule has 0 fully saturated rings. The quantitative estimate of drug-likeness (QED) is 0.703. The number of alkyl halides is 1. The number of halogens is 2. The van der Waals surface area contributed by atoms with Crippen LogP contribution in [0.15, 0.2) is 18.3 Å². The number of nitrogens with zero attached hydrogens (tertiary/aromatic N) is 1. The van der Waals surface area contributed by atoms with Crippen molar-refractivity contribution >= 4 is 0 Å². The summed E-state index contributed by atoms with van der Waals surface area (Å²) in [5.41, 5.74) is 5.54. The second-order valence-electron chi connectivity index (χ2n) is 2.46. The lowest BCUT2D eigenvalue weighted by molar-refractivity contribution is 0.326. The fourth-order valence-corrected chi connectivity index (χ4v) is 0.886. The van der Waals surface area contributed by atoms with E-state index in [9.17, 15) is 8.78 Å². The molecule has 0 radical (unpaired) electrons. The summed E-state index contributed by atoms with van der Waals surface area (Å²) in [4.78, 5) is 3.33. The van der Waals surface area contributed by atoms with Crippen LogP contribution in [0.1, 0.15) is 18.2 Å². The van der Waals surface area contributed by atoms with Gasteiger partial charge in [0.05, 0.1) is 0 Å². The summed E-state index contributed by atoms with van der Waals surface area (Å²) in [6.07, 6.45) is 0.297. The van der Waals surface area contributed by atoms with E-state index in [0.717, 1.165) is 6.07 Å². The molecule has 1 aromatic rings. The molecule has 2 N–H and O–H groups in total. The molecule has 0 aliphatic carbocycles. The second kappa shape index (κ2) is 4.11. The molecule has 1 unspecified atom stereocenters. The fourth-order valence-electron chi connectivity index (χ4n) is 0.886. The molecule has 1 atom stereocenters. The van der Waals surface area contributed by atoms with Gasteiger partial charge in [0.2, 0.25) is 5.95 Å². The van der Waals surface area contributed by atoms with Gasteiger partial charge in [0.1, 0.15) is 6.17 Å². The lowest BCUT2D eigenvalue weighted by Gasteiger charge is -2.04. The molecule has 2 nitrogen and oxygen atoms in total. The van der Waals surface area contributed by atoms with Crippen molar-refractivity contribution in [2.24, 2.45) is 5.73 Å². The van der Waals surface area contributed by atoms with Gasteiger partial charge < -0.3 is 5.73 Å². The predicted molar refractivity (Wildman–Crippen MR) is 41.7 cm³/mol. The highest BCUT2D eigenvalue weighted by atomic mass is 19.1. The van der Waals surface area contributed by atoms with Gasteiger partial charge in [-0.2, -0.15) is 4.39 Å². The maximum Gasteiger partial charge on any atom is 0.212 e. The lowest BCUT2D eigenvalue weighted by Crippen LogP contribution is -2.03. The molecule has 12 heavy (non-hydrogen) atoms. The van der Waals surface area contributed by atoms with E-state index in [2.05, 4.69) is 4.98 Å². The van der Waals surface area contributed by atoms with Gasteiger partial charge in [-0.3, -0.25) is 0 Å². The number of hydrogen-bond donors (Lipinski definition) is 1. The normalized spacial score (nSPS) is 12.9. The third-order valence-electron chi connectivity index (χ3n) is 1.53. The fraction of sp³-hybridized carbons (Fsp3) is 0.375. The molecular weight excluding hydrogens is 162 g/mol. The van der Waals surface area contributed by atoms with Gasteiger partial charge in [0, 0.05) is 11.8 Å². The van der Waals surface area contributed by atoms with Crippen LogP contribution in [-0.4, -0.2) is 11.5 Å². The Kier molecular flexibility index (Phi) is 3.10. The van der Waals surface area contributed by atoms with Crippen LogP contribution in [-0.2, 0) is 0 Å². The van der Waals surface area contributed by atoms with Crippen LogP contribution < -0.4 is 5.73 Å². The van der Waals surface area contributed by atoms with E-state index in [1.54, 1.807) is 0 Å². The van der Waals surface area contributed by atoms with Gasteiger partial charge in [-0.05, 0) is 19.0 Å². The van der Waals surface area contributed by atoms with Gasteiger partial charge in [-0.15, -0.1) is 0 Å². The zero-order valence-electron chi connectivity index (χ0n) is 6.50. The molecule has 1 rings (SSSR count). The highest BCUT2D eigenvalue weighted by molar-refractivity contribution is 5.12. The maximum atomic E-state index is 13.0. The van der Waals surface area contributed by atoms with Gasteiger partial charge >= 0.3 is 0 Å². The van der Waals surface area contributed by atoms with Crippen molar-refractivity contribution in [3.8, 4) is 0 Å². The van der Waals surface area contributed by atoms with Crippen molar-refractivity contribution in [3.63, 3.8) is 0 Å². The molecule has 0 saturated heterocycles. The Bertz CT molecular complexity index is 235. The Balaban J connectivity index is 2.68. The van der Waals surface area contributed by atoms with E-state index < -0.39 is 12.1 Å². The SMILES string of the molecule is NCCC(F)c1ccc(F)nc1. The summed E-state index contributed by atoms with van der Waals surface area (Å²) in [6, 6.07) is 2.51. The zero-order chi connectivity index (χ0) is 8.97. The number of aromatic nitrogens is 1. The predicted octanol–water partition coefficient (Wildman–Crippen LogP) is 1.58. The van der Waals surface area contributed by atoms with Crippen molar-refractivity contribution in [3.05, 3.63) is 29.8 Å². The molecule has 1 heterocycles. The number of rotatable bonds is 3. The number of hydrogen-bond acceptors (Lipinski definition) is 2. The third-order valence-corrected chi connectivity index (χ3v) is 1.53. The molecule has 1 aromatic heterocycles. The maximum absolute atomic E-state index is 13.0.